The second-order valence-electron chi connectivity index (χ2n) is 11.4. The van der Waals surface area contributed by atoms with E-state index in [0.29, 0.717) is 22.6 Å². The van der Waals surface area contributed by atoms with Gasteiger partial charge in [0, 0.05) is 62.0 Å². The molecule has 0 bridgehead atoms. The fourth-order valence-corrected chi connectivity index (χ4v) is 6.27. The molecule has 0 saturated carbocycles. The van der Waals surface area contributed by atoms with E-state index in [4.69, 9.17) is 27.9 Å². The topological polar surface area (TPSA) is 60.1 Å². The van der Waals surface area contributed by atoms with Gasteiger partial charge in [0.25, 0.3) is 0 Å². The molecule has 0 atom stereocenters. The highest BCUT2D eigenvalue weighted by Gasteiger charge is 2.20. The van der Waals surface area contributed by atoms with Gasteiger partial charge in [0.15, 0.2) is 0 Å². The van der Waals surface area contributed by atoms with E-state index >= 15 is 0 Å². The average molecular weight is 611 g/mol. The normalized spacial score (nSPS) is 16.8. The number of hydrogen-bond donors (Lipinski definition) is 2. The SMILES string of the molecule is CNC(=O)NCC1CCN(Cc2cc(COc3ccc(N4CCN(C)CC4)cc3)cc(-c3cc(Cl)cc(Cl)c3)c2)CC1. The minimum absolute atomic E-state index is 0.115. The molecule has 2 heterocycles. The predicted molar refractivity (Wildman–Crippen MR) is 173 cm³/mol. The number of likely N-dealkylation sites (N-methyl/N-ethyl adjacent to an activating group) is 1. The van der Waals surface area contributed by atoms with E-state index in [9.17, 15) is 4.79 Å². The highest BCUT2D eigenvalue weighted by Crippen LogP contribution is 2.30. The molecule has 2 aliphatic heterocycles. The molecular formula is C33H41Cl2N5O2. The van der Waals surface area contributed by atoms with Crippen LogP contribution in [0.5, 0.6) is 5.75 Å². The summed E-state index contributed by atoms with van der Waals surface area (Å²) in [5.74, 6) is 1.36. The van der Waals surface area contributed by atoms with Crippen LogP contribution in [0.4, 0.5) is 10.5 Å². The third-order valence-electron chi connectivity index (χ3n) is 8.25. The lowest BCUT2D eigenvalue weighted by Gasteiger charge is -2.34. The number of urea groups is 1. The van der Waals surface area contributed by atoms with Crippen molar-refractivity contribution in [3.63, 3.8) is 0 Å². The van der Waals surface area contributed by atoms with Crippen LogP contribution in [-0.4, -0.2) is 75.7 Å². The number of halogens is 2. The molecule has 2 aliphatic rings. The number of amides is 2. The Kier molecular flexibility index (Phi) is 10.5. The summed E-state index contributed by atoms with van der Waals surface area (Å²) in [6.45, 7) is 8.30. The molecule has 5 rings (SSSR count). The monoisotopic (exact) mass is 609 g/mol. The number of nitrogens with one attached hydrogen (secondary N) is 2. The van der Waals surface area contributed by atoms with Crippen molar-refractivity contribution in [3.8, 4) is 16.9 Å². The van der Waals surface area contributed by atoms with E-state index < -0.39 is 0 Å². The summed E-state index contributed by atoms with van der Waals surface area (Å²) in [6, 6.07) is 20.7. The highest BCUT2D eigenvalue weighted by molar-refractivity contribution is 6.35. The first-order chi connectivity index (χ1) is 20.3. The Morgan fingerprint density at radius 2 is 1.50 bits per heavy atom. The van der Waals surface area contributed by atoms with Crippen molar-refractivity contribution < 1.29 is 9.53 Å². The maximum atomic E-state index is 11.6. The van der Waals surface area contributed by atoms with Crippen LogP contribution in [0.25, 0.3) is 11.1 Å². The van der Waals surface area contributed by atoms with E-state index in [1.54, 1.807) is 13.1 Å². The fourth-order valence-electron chi connectivity index (χ4n) is 5.74. The van der Waals surface area contributed by atoms with Crippen LogP contribution in [0.2, 0.25) is 10.0 Å². The molecule has 2 N–H and O–H groups in total. The lowest BCUT2D eigenvalue weighted by Crippen LogP contribution is -2.44. The molecule has 0 aliphatic carbocycles. The molecule has 42 heavy (non-hydrogen) atoms. The van der Waals surface area contributed by atoms with Gasteiger partial charge in [-0.15, -0.1) is 0 Å². The molecule has 0 aromatic heterocycles. The van der Waals surface area contributed by atoms with E-state index in [-0.39, 0.29) is 6.03 Å². The van der Waals surface area contributed by atoms with Gasteiger partial charge >= 0.3 is 6.03 Å². The summed E-state index contributed by atoms with van der Waals surface area (Å²) in [6.07, 6.45) is 2.13. The minimum atomic E-state index is -0.115. The van der Waals surface area contributed by atoms with Gasteiger partial charge in [-0.3, -0.25) is 4.90 Å². The van der Waals surface area contributed by atoms with E-state index in [1.807, 2.05) is 12.1 Å². The summed E-state index contributed by atoms with van der Waals surface area (Å²) in [5, 5.41) is 6.81. The Hall–Kier alpha value is -2.97. The quantitative estimate of drug-likeness (QED) is 0.305. The maximum Gasteiger partial charge on any atom is 0.314 e. The van der Waals surface area contributed by atoms with Crippen LogP contribution < -0.4 is 20.3 Å². The summed E-state index contributed by atoms with van der Waals surface area (Å²) < 4.78 is 6.27. The number of likely N-dealkylation sites (tertiary alicyclic amines) is 1. The molecule has 2 fully saturated rings. The van der Waals surface area contributed by atoms with Gasteiger partial charge < -0.3 is 25.2 Å². The Balaban J connectivity index is 1.26. The molecule has 7 nitrogen and oxygen atoms in total. The number of piperazine rings is 1. The van der Waals surface area contributed by atoms with Gasteiger partial charge in [-0.05, 0) is 116 Å². The second kappa shape index (κ2) is 14.5. The highest BCUT2D eigenvalue weighted by atomic mass is 35.5. The van der Waals surface area contributed by atoms with Gasteiger partial charge in [0.2, 0.25) is 0 Å². The molecule has 3 aromatic rings. The number of carbonyl (C=O) groups excluding carboxylic acids is 1. The zero-order valence-corrected chi connectivity index (χ0v) is 26.1. The Bertz CT molecular complexity index is 1320. The number of benzene rings is 3. The summed E-state index contributed by atoms with van der Waals surface area (Å²) in [5.41, 5.74) is 5.64. The Labute approximate surface area is 259 Å². The third kappa shape index (κ3) is 8.54. The van der Waals surface area contributed by atoms with Crippen LogP contribution >= 0.6 is 23.2 Å². The summed E-state index contributed by atoms with van der Waals surface area (Å²) in [4.78, 5) is 18.8. The van der Waals surface area contributed by atoms with Crippen LogP contribution in [0.3, 0.4) is 0 Å². The average Bonchev–Trinajstić information content (AvgIpc) is 2.99. The smallest absolute Gasteiger partial charge is 0.314 e. The first-order valence-electron chi connectivity index (χ1n) is 14.8. The van der Waals surface area contributed by atoms with Crippen molar-refractivity contribution in [1.29, 1.82) is 0 Å². The largest absolute Gasteiger partial charge is 0.489 e. The van der Waals surface area contributed by atoms with Crippen LogP contribution in [0.1, 0.15) is 24.0 Å². The number of nitrogens with zero attached hydrogens (tertiary/aromatic N) is 3. The lowest BCUT2D eigenvalue weighted by molar-refractivity contribution is 0.175. The van der Waals surface area contributed by atoms with Crippen molar-refractivity contribution in [2.24, 2.45) is 5.92 Å². The van der Waals surface area contributed by atoms with Crippen molar-refractivity contribution in [1.82, 2.24) is 20.4 Å². The maximum absolute atomic E-state index is 11.6. The minimum Gasteiger partial charge on any atom is -0.489 e. The molecule has 0 unspecified atom stereocenters. The van der Waals surface area contributed by atoms with Gasteiger partial charge in [0.05, 0.1) is 0 Å². The molecule has 9 heteroatoms. The van der Waals surface area contributed by atoms with Gasteiger partial charge in [-0.1, -0.05) is 29.3 Å². The molecule has 2 saturated heterocycles. The molecule has 224 valence electrons. The second-order valence-corrected chi connectivity index (χ2v) is 12.3. The van der Waals surface area contributed by atoms with Crippen molar-refractivity contribution in [3.05, 3.63) is 81.8 Å². The van der Waals surface area contributed by atoms with Gasteiger partial charge in [0.1, 0.15) is 12.4 Å². The summed E-state index contributed by atoms with van der Waals surface area (Å²) >= 11 is 12.7. The van der Waals surface area contributed by atoms with E-state index in [1.165, 1.54) is 11.3 Å². The molecule has 0 spiro atoms. The van der Waals surface area contributed by atoms with Crippen molar-refractivity contribution >= 4 is 34.9 Å². The van der Waals surface area contributed by atoms with E-state index in [0.717, 1.165) is 87.6 Å². The predicted octanol–water partition coefficient (Wildman–Crippen LogP) is 6.13. The van der Waals surface area contributed by atoms with Crippen molar-refractivity contribution in [2.75, 3.05) is 64.8 Å². The van der Waals surface area contributed by atoms with Gasteiger partial charge in [-0.2, -0.15) is 0 Å². The van der Waals surface area contributed by atoms with Crippen LogP contribution in [0.15, 0.2) is 60.7 Å². The number of anilines is 1. The Morgan fingerprint density at radius 1 is 0.857 bits per heavy atom. The molecular weight excluding hydrogens is 569 g/mol. The number of hydrogen-bond acceptors (Lipinski definition) is 5. The number of ether oxygens (including phenoxy) is 1. The number of piperidine rings is 1. The first-order valence-corrected chi connectivity index (χ1v) is 15.5. The Morgan fingerprint density at radius 3 is 2.17 bits per heavy atom. The van der Waals surface area contributed by atoms with Crippen molar-refractivity contribution in [2.45, 2.75) is 26.0 Å². The first kappa shape index (κ1) is 30.5. The number of rotatable bonds is 9. The molecule has 0 radical (unpaired) electrons. The zero-order valence-electron chi connectivity index (χ0n) is 24.5. The van der Waals surface area contributed by atoms with Crippen LogP contribution in [0, 0.1) is 5.92 Å². The number of carbonyl (C=O) groups is 1. The standard InChI is InChI=1S/C33H41Cl2N5O2/c1-36-33(41)37-21-24-7-9-39(10-8-24)22-25-15-26(17-27(16-25)28-18-29(34)20-30(35)19-28)23-42-32-5-3-31(4-6-32)40-13-11-38(2)12-14-40/h3-6,15-20,24H,7-14,21-23H2,1-2H3,(H2,36,37,41). The zero-order chi connectivity index (χ0) is 29.5. The molecule has 3 aromatic carbocycles. The van der Waals surface area contributed by atoms with E-state index in [2.05, 4.69) is 74.8 Å². The van der Waals surface area contributed by atoms with Gasteiger partial charge in [-0.25, -0.2) is 4.79 Å². The third-order valence-corrected chi connectivity index (χ3v) is 8.69. The fraction of sp³-hybridized carbons (Fsp3) is 0.424. The summed E-state index contributed by atoms with van der Waals surface area (Å²) in [7, 11) is 3.82. The van der Waals surface area contributed by atoms with Crippen LogP contribution in [-0.2, 0) is 13.2 Å². The molecule has 2 amide bonds. The lowest BCUT2D eigenvalue weighted by atomic mass is 9.95.